The van der Waals surface area contributed by atoms with E-state index in [0.29, 0.717) is 19.6 Å². The highest BCUT2D eigenvalue weighted by molar-refractivity contribution is 7.78. The summed E-state index contributed by atoms with van der Waals surface area (Å²) in [5.41, 5.74) is 1.02. The minimum atomic E-state index is -0.207. The van der Waals surface area contributed by atoms with Gasteiger partial charge < -0.3 is 15.6 Å². The molecule has 2 amide bonds. The average molecular weight is 229 g/mol. The summed E-state index contributed by atoms with van der Waals surface area (Å²) in [7, 11) is 1.58. The lowest BCUT2D eigenvalue weighted by atomic mass is 10.4. The molecule has 0 unspecified atom stereocenters. The van der Waals surface area contributed by atoms with Crippen molar-refractivity contribution in [3.05, 3.63) is 18.2 Å². The largest absolute Gasteiger partial charge is 0.347 e. The number of urea groups is 1. The summed E-state index contributed by atoms with van der Waals surface area (Å²) >= 11 is 3.85. The number of nitrogens with one attached hydrogen (secondary N) is 3. The van der Waals surface area contributed by atoms with E-state index in [1.807, 2.05) is 0 Å². The molecular weight excluding hydrogens is 214 g/mol. The molecule has 0 aliphatic carbocycles. The second kappa shape index (κ2) is 6.31. The summed E-state index contributed by atoms with van der Waals surface area (Å²) in [6, 6.07) is -0.207. The van der Waals surface area contributed by atoms with E-state index in [1.165, 1.54) is 4.31 Å². The van der Waals surface area contributed by atoms with Crippen LogP contribution in [0.5, 0.6) is 0 Å². The normalized spacial score (nSPS) is 10.0. The SMILES string of the molecule is CN(S)C(=O)NCCNCc1cnc[nH]1. The second-order valence-electron chi connectivity index (χ2n) is 3.01. The summed E-state index contributed by atoms with van der Waals surface area (Å²) in [4.78, 5) is 17.9. The number of carbonyl (C=O) groups excluding carboxylic acids is 1. The van der Waals surface area contributed by atoms with E-state index in [9.17, 15) is 4.79 Å². The highest BCUT2D eigenvalue weighted by atomic mass is 32.1. The first kappa shape index (κ1) is 11.9. The fourth-order valence-electron chi connectivity index (χ4n) is 0.977. The molecule has 3 N–H and O–H groups in total. The van der Waals surface area contributed by atoms with Crippen LogP contribution in [0.2, 0.25) is 0 Å². The van der Waals surface area contributed by atoms with E-state index >= 15 is 0 Å². The van der Waals surface area contributed by atoms with Crippen molar-refractivity contribution < 1.29 is 4.79 Å². The Morgan fingerprint density at radius 3 is 3.07 bits per heavy atom. The van der Waals surface area contributed by atoms with E-state index in [4.69, 9.17) is 0 Å². The number of aromatic amines is 1. The van der Waals surface area contributed by atoms with Crippen LogP contribution in [0.25, 0.3) is 0 Å². The zero-order valence-electron chi connectivity index (χ0n) is 8.53. The molecule has 0 saturated carbocycles. The Kier molecular flexibility index (Phi) is 4.99. The van der Waals surface area contributed by atoms with Crippen molar-refractivity contribution in [2.45, 2.75) is 6.54 Å². The Bertz CT molecular complexity index is 287. The highest BCUT2D eigenvalue weighted by Crippen LogP contribution is 1.88. The van der Waals surface area contributed by atoms with Crippen LogP contribution in [0.3, 0.4) is 0 Å². The first-order chi connectivity index (χ1) is 7.20. The minimum absolute atomic E-state index is 0.207. The Labute approximate surface area is 94.0 Å². The lowest BCUT2D eigenvalue weighted by Crippen LogP contribution is -2.36. The molecule has 6 nitrogen and oxygen atoms in total. The average Bonchev–Trinajstić information content (AvgIpc) is 2.69. The molecule has 1 aromatic heterocycles. The zero-order valence-corrected chi connectivity index (χ0v) is 9.42. The number of hydrogen-bond acceptors (Lipinski definition) is 4. The minimum Gasteiger partial charge on any atom is -0.347 e. The summed E-state index contributed by atoms with van der Waals surface area (Å²) < 4.78 is 1.20. The Morgan fingerprint density at radius 2 is 2.47 bits per heavy atom. The lowest BCUT2D eigenvalue weighted by Gasteiger charge is -2.10. The maximum atomic E-state index is 11.0. The number of aromatic nitrogens is 2. The Morgan fingerprint density at radius 1 is 1.67 bits per heavy atom. The van der Waals surface area contributed by atoms with Gasteiger partial charge >= 0.3 is 6.03 Å². The smallest absolute Gasteiger partial charge is 0.326 e. The fourth-order valence-corrected chi connectivity index (χ4v) is 1.05. The van der Waals surface area contributed by atoms with E-state index in [1.54, 1.807) is 19.6 Å². The van der Waals surface area contributed by atoms with Crippen molar-refractivity contribution in [1.82, 2.24) is 24.9 Å². The van der Waals surface area contributed by atoms with Gasteiger partial charge in [-0.25, -0.2) is 9.78 Å². The number of nitrogens with zero attached hydrogens (tertiary/aromatic N) is 2. The maximum Gasteiger partial charge on any atom is 0.326 e. The second-order valence-corrected chi connectivity index (χ2v) is 3.61. The molecule has 0 aromatic carbocycles. The molecule has 0 fully saturated rings. The van der Waals surface area contributed by atoms with Gasteiger partial charge in [0.25, 0.3) is 0 Å². The van der Waals surface area contributed by atoms with E-state index in [0.717, 1.165) is 5.69 Å². The number of rotatable bonds is 5. The van der Waals surface area contributed by atoms with Crippen LogP contribution in [-0.4, -0.2) is 40.4 Å². The van der Waals surface area contributed by atoms with Gasteiger partial charge in [-0.1, -0.05) is 12.8 Å². The molecule has 15 heavy (non-hydrogen) atoms. The molecule has 0 bridgehead atoms. The molecule has 1 rings (SSSR count). The molecular formula is C8H15N5OS. The van der Waals surface area contributed by atoms with Crippen LogP contribution in [0.15, 0.2) is 12.5 Å². The molecule has 1 heterocycles. The van der Waals surface area contributed by atoms with Crippen LogP contribution in [0, 0.1) is 0 Å². The quantitative estimate of drug-likeness (QED) is 0.424. The summed E-state index contributed by atoms with van der Waals surface area (Å²) in [5, 5.41) is 5.84. The summed E-state index contributed by atoms with van der Waals surface area (Å²) in [6.07, 6.45) is 3.39. The van der Waals surface area contributed by atoms with Crippen LogP contribution in [0.4, 0.5) is 4.79 Å². The first-order valence-electron chi connectivity index (χ1n) is 4.58. The molecule has 0 aliphatic rings. The lowest BCUT2D eigenvalue weighted by molar-refractivity contribution is 0.231. The van der Waals surface area contributed by atoms with Gasteiger partial charge in [-0.15, -0.1) is 0 Å². The van der Waals surface area contributed by atoms with Gasteiger partial charge in [-0.3, -0.25) is 4.31 Å². The van der Waals surface area contributed by atoms with Gasteiger partial charge in [-0.05, 0) is 0 Å². The predicted molar refractivity (Wildman–Crippen MR) is 60.4 cm³/mol. The van der Waals surface area contributed by atoms with Gasteiger partial charge in [-0.2, -0.15) is 0 Å². The third-order valence-corrected chi connectivity index (χ3v) is 1.92. The van der Waals surface area contributed by atoms with Gasteiger partial charge in [0, 0.05) is 38.6 Å². The number of hydrogen-bond donors (Lipinski definition) is 4. The fraction of sp³-hybridized carbons (Fsp3) is 0.500. The van der Waals surface area contributed by atoms with E-state index in [2.05, 4.69) is 33.4 Å². The zero-order chi connectivity index (χ0) is 11.1. The van der Waals surface area contributed by atoms with Gasteiger partial charge in [0.1, 0.15) is 0 Å². The van der Waals surface area contributed by atoms with Crippen LogP contribution < -0.4 is 10.6 Å². The summed E-state index contributed by atoms with van der Waals surface area (Å²) in [5.74, 6) is 0. The number of H-pyrrole nitrogens is 1. The molecule has 0 spiro atoms. The van der Waals surface area contributed by atoms with Crippen molar-refractivity contribution in [3.8, 4) is 0 Å². The van der Waals surface area contributed by atoms with Crippen molar-refractivity contribution >= 4 is 18.8 Å². The summed E-state index contributed by atoms with van der Waals surface area (Å²) in [6.45, 7) is 1.98. The van der Waals surface area contributed by atoms with Gasteiger partial charge in [0.05, 0.1) is 6.33 Å². The molecule has 84 valence electrons. The van der Waals surface area contributed by atoms with E-state index in [-0.39, 0.29) is 6.03 Å². The first-order valence-corrected chi connectivity index (χ1v) is 4.98. The van der Waals surface area contributed by atoms with Crippen LogP contribution >= 0.6 is 12.8 Å². The number of carbonyl (C=O) groups is 1. The molecule has 0 saturated heterocycles. The monoisotopic (exact) mass is 229 g/mol. The predicted octanol–water partition coefficient (Wildman–Crippen LogP) is -0.0145. The van der Waals surface area contributed by atoms with Crippen molar-refractivity contribution in [2.24, 2.45) is 0 Å². The van der Waals surface area contributed by atoms with Crippen molar-refractivity contribution in [1.29, 1.82) is 0 Å². The molecule has 0 radical (unpaired) electrons. The highest BCUT2D eigenvalue weighted by Gasteiger charge is 2.01. The molecule has 1 aromatic rings. The van der Waals surface area contributed by atoms with Crippen LogP contribution in [0.1, 0.15) is 5.69 Å². The van der Waals surface area contributed by atoms with E-state index < -0.39 is 0 Å². The molecule has 0 atom stereocenters. The number of thiol groups is 1. The number of imidazole rings is 1. The van der Waals surface area contributed by atoms with Crippen molar-refractivity contribution in [2.75, 3.05) is 20.1 Å². The van der Waals surface area contributed by atoms with Crippen LogP contribution in [-0.2, 0) is 6.54 Å². The number of amides is 2. The molecule has 7 heteroatoms. The topological polar surface area (TPSA) is 73.1 Å². The maximum absolute atomic E-state index is 11.0. The van der Waals surface area contributed by atoms with Gasteiger partial charge in [0.15, 0.2) is 0 Å². The standard InChI is InChI=1S/C8H15N5OS/c1-13(15)8(14)11-3-2-9-4-7-5-10-6-12-7/h5-6,9,15H,2-4H2,1H3,(H,10,12)(H,11,14). The molecule has 0 aliphatic heterocycles. The third kappa shape index (κ3) is 4.71. The van der Waals surface area contributed by atoms with Crippen molar-refractivity contribution in [3.63, 3.8) is 0 Å². The Balaban J connectivity index is 2.00. The van der Waals surface area contributed by atoms with Gasteiger partial charge in [0.2, 0.25) is 0 Å². The third-order valence-electron chi connectivity index (χ3n) is 1.74. The Hall–Kier alpha value is -1.21.